The highest BCUT2D eigenvalue weighted by atomic mass is 32.2. The Balaban J connectivity index is 2.02. The van der Waals surface area contributed by atoms with Gasteiger partial charge in [-0.3, -0.25) is 0 Å². The minimum absolute atomic E-state index is 0.112. The van der Waals surface area contributed by atoms with Gasteiger partial charge in [0.1, 0.15) is 0 Å². The molecule has 1 aliphatic rings. The highest BCUT2D eigenvalue weighted by Crippen LogP contribution is 2.16. The van der Waals surface area contributed by atoms with Gasteiger partial charge in [-0.1, -0.05) is 6.92 Å². The van der Waals surface area contributed by atoms with Crippen LogP contribution in [-0.2, 0) is 10.0 Å². The van der Waals surface area contributed by atoms with Gasteiger partial charge in [0.05, 0.1) is 4.90 Å². The van der Waals surface area contributed by atoms with Crippen LogP contribution in [0.5, 0.6) is 0 Å². The Morgan fingerprint density at radius 1 is 1.23 bits per heavy atom. The number of anilines is 1. The molecule has 1 aromatic carbocycles. The molecule has 1 aromatic rings. The van der Waals surface area contributed by atoms with Crippen molar-refractivity contribution in [1.82, 2.24) is 9.62 Å². The second kappa shape index (κ2) is 7.11. The number of hydrogen-bond acceptors (Lipinski definition) is 3. The smallest absolute Gasteiger partial charge is 0.321 e. The number of rotatable bonds is 5. The summed E-state index contributed by atoms with van der Waals surface area (Å²) in [4.78, 5) is 13.9. The van der Waals surface area contributed by atoms with Gasteiger partial charge in [0.2, 0.25) is 10.0 Å². The van der Waals surface area contributed by atoms with Gasteiger partial charge in [-0.2, -0.15) is 0 Å². The van der Waals surface area contributed by atoms with E-state index in [4.69, 9.17) is 0 Å². The van der Waals surface area contributed by atoms with Crippen molar-refractivity contribution in [2.45, 2.75) is 44.0 Å². The van der Waals surface area contributed by atoms with Crippen LogP contribution in [0, 0.1) is 0 Å². The fourth-order valence-corrected chi connectivity index (χ4v) is 3.58. The van der Waals surface area contributed by atoms with Gasteiger partial charge in [0.25, 0.3) is 0 Å². The molecule has 0 aromatic heterocycles. The van der Waals surface area contributed by atoms with Crippen molar-refractivity contribution in [3.8, 4) is 0 Å². The molecule has 0 unspecified atom stereocenters. The van der Waals surface area contributed by atoms with Gasteiger partial charge in [0.15, 0.2) is 0 Å². The second-order valence-electron chi connectivity index (χ2n) is 5.58. The number of urea groups is 1. The molecule has 1 atom stereocenters. The normalized spacial score (nSPS) is 16.5. The van der Waals surface area contributed by atoms with Crippen LogP contribution < -0.4 is 10.0 Å². The Hall–Kier alpha value is -1.60. The lowest BCUT2D eigenvalue weighted by atomic mass is 10.3. The summed E-state index contributed by atoms with van der Waals surface area (Å²) >= 11 is 0. The number of nitrogens with zero attached hydrogens (tertiary/aromatic N) is 1. The van der Waals surface area contributed by atoms with E-state index in [2.05, 4.69) is 10.0 Å². The summed E-state index contributed by atoms with van der Waals surface area (Å²) in [5.41, 5.74) is 0.597. The number of amides is 2. The van der Waals surface area contributed by atoms with Crippen LogP contribution in [-0.4, -0.2) is 38.5 Å². The maximum absolute atomic E-state index is 12.1. The molecule has 0 saturated carbocycles. The minimum atomic E-state index is -3.51. The van der Waals surface area contributed by atoms with Crippen LogP contribution in [0.1, 0.15) is 33.1 Å². The molecule has 1 fully saturated rings. The molecule has 22 heavy (non-hydrogen) atoms. The van der Waals surface area contributed by atoms with Crippen LogP contribution in [0.2, 0.25) is 0 Å². The summed E-state index contributed by atoms with van der Waals surface area (Å²) in [5, 5.41) is 2.79. The van der Waals surface area contributed by atoms with Crippen molar-refractivity contribution < 1.29 is 13.2 Å². The molecule has 0 radical (unpaired) electrons. The molecule has 0 bridgehead atoms. The maximum Gasteiger partial charge on any atom is 0.321 e. The van der Waals surface area contributed by atoms with Crippen molar-refractivity contribution in [2.24, 2.45) is 0 Å². The lowest BCUT2D eigenvalue weighted by molar-refractivity contribution is 0.222. The first-order valence-electron chi connectivity index (χ1n) is 7.60. The minimum Gasteiger partial charge on any atom is -0.325 e. The van der Waals surface area contributed by atoms with E-state index in [1.807, 2.05) is 13.8 Å². The average Bonchev–Trinajstić information content (AvgIpc) is 3.01. The van der Waals surface area contributed by atoms with Gasteiger partial charge in [-0.15, -0.1) is 0 Å². The molecule has 7 heteroatoms. The van der Waals surface area contributed by atoms with E-state index in [-0.39, 0.29) is 17.0 Å². The largest absolute Gasteiger partial charge is 0.325 e. The van der Waals surface area contributed by atoms with E-state index in [1.165, 1.54) is 12.1 Å². The first kappa shape index (κ1) is 16.8. The van der Waals surface area contributed by atoms with Crippen LogP contribution >= 0.6 is 0 Å². The van der Waals surface area contributed by atoms with Gasteiger partial charge >= 0.3 is 6.03 Å². The summed E-state index contributed by atoms with van der Waals surface area (Å²) in [6, 6.07) is 5.98. The van der Waals surface area contributed by atoms with Gasteiger partial charge in [-0.05, 0) is 50.5 Å². The Kier molecular flexibility index (Phi) is 5.42. The second-order valence-corrected chi connectivity index (χ2v) is 7.29. The Morgan fingerprint density at radius 3 is 2.36 bits per heavy atom. The number of carbonyl (C=O) groups is 1. The molecule has 0 spiro atoms. The molecular weight excluding hydrogens is 302 g/mol. The molecule has 1 heterocycles. The van der Waals surface area contributed by atoms with Gasteiger partial charge in [-0.25, -0.2) is 17.9 Å². The highest BCUT2D eigenvalue weighted by Gasteiger charge is 2.19. The zero-order valence-electron chi connectivity index (χ0n) is 13.0. The summed E-state index contributed by atoms with van der Waals surface area (Å²) in [6.45, 7) is 5.29. The lowest BCUT2D eigenvalue weighted by Crippen LogP contribution is -2.32. The molecule has 122 valence electrons. The van der Waals surface area contributed by atoms with Crippen molar-refractivity contribution in [3.63, 3.8) is 0 Å². The molecule has 0 aliphatic carbocycles. The van der Waals surface area contributed by atoms with Crippen LogP contribution in [0.4, 0.5) is 10.5 Å². The third-order valence-electron chi connectivity index (χ3n) is 3.78. The number of sulfonamides is 1. The van der Waals surface area contributed by atoms with E-state index in [9.17, 15) is 13.2 Å². The number of carbonyl (C=O) groups excluding carboxylic acids is 1. The molecule has 1 saturated heterocycles. The highest BCUT2D eigenvalue weighted by molar-refractivity contribution is 7.89. The van der Waals surface area contributed by atoms with Gasteiger partial charge in [0, 0.05) is 24.8 Å². The number of hydrogen-bond donors (Lipinski definition) is 2. The van der Waals surface area contributed by atoms with E-state index in [1.54, 1.807) is 17.0 Å². The molecule has 1 aliphatic heterocycles. The predicted octanol–water partition coefficient (Wildman–Crippen LogP) is 2.39. The molecular formula is C15H23N3O3S. The molecule has 2 amide bonds. The van der Waals surface area contributed by atoms with E-state index < -0.39 is 10.0 Å². The molecule has 2 rings (SSSR count). The topological polar surface area (TPSA) is 78.5 Å². The van der Waals surface area contributed by atoms with E-state index >= 15 is 0 Å². The van der Waals surface area contributed by atoms with Crippen molar-refractivity contribution in [2.75, 3.05) is 18.4 Å². The summed E-state index contributed by atoms with van der Waals surface area (Å²) in [7, 11) is -3.51. The number of benzene rings is 1. The zero-order valence-corrected chi connectivity index (χ0v) is 13.8. The standard InChI is InChI=1S/C15H23N3O3S/c1-3-12(2)17-22(20,21)14-8-6-13(7-9-14)16-15(19)18-10-4-5-11-18/h6-9,12,17H,3-5,10-11H2,1-2H3,(H,16,19)/t12-/m1/s1. The van der Waals surface area contributed by atoms with Crippen molar-refractivity contribution in [1.29, 1.82) is 0 Å². The van der Waals surface area contributed by atoms with Crippen LogP contribution in [0.15, 0.2) is 29.2 Å². The maximum atomic E-state index is 12.1. The van der Waals surface area contributed by atoms with Gasteiger partial charge < -0.3 is 10.2 Å². The summed E-state index contributed by atoms with van der Waals surface area (Å²) in [6.07, 6.45) is 2.79. The summed E-state index contributed by atoms with van der Waals surface area (Å²) < 4.78 is 26.9. The van der Waals surface area contributed by atoms with Crippen molar-refractivity contribution >= 4 is 21.7 Å². The third kappa shape index (κ3) is 4.20. The Labute approximate surface area is 131 Å². The van der Waals surface area contributed by atoms with E-state index in [0.29, 0.717) is 5.69 Å². The van der Waals surface area contributed by atoms with E-state index in [0.717, 1.165) is 32.4 Å². The fourth-order valence-electron chi connectivity index (χ4n) is 2.26. The number of nitrogens with one attached hydrogen (secondary N) is 2. The Bertz CT molecular complexity index is 607. The first-order valence-corrected chi connectivity index (χ1v) is 9.09. The molecule has 2 N–H and O–H groups in total. The quantitative estimate of drug-likeness (QED) is 0.872. The molecule has 6 nitrogen and oxygen atoms in total. The predicted molar refractivity (Wildman–Crippen MR) is 86.3 cm³/mol. The number of likely N-dealkylation sites (tertiary alicyclic amines) is 1. The SMILES string of the molecule is CC[C@@H](C)NS(=O)(=O)c1ccc(NC(=O)N2CCCC2)cc1. The average molecular weight is 325 g/mol. The lowest BCUT2D eigenvalue weighted by Gasteiger charge is -2.16. The van der Waals surface area contributed by atoms with Crippen molar-refractivity contribution in [3.05, 3.63) is 24.3 Å². The third-order valence-corrected chi connectivity index (χ3v) is 5.38. The zero-order chi connectivity index (χ0) is 16.2. The van der Waals surface area contributed by atoms with Crippen LogP contribution in [0.3, 0.4) is 0 Å². The monoisotopic (exact) mass is 325 g/mol. The fraction of sp³-hybridized carbons (Fsp3) is 0.533. The Morgan fingerprint density at radius 2 is 1.82 bits per heavy atom. The first-order chi connectivity index (χ1) is 10.4. The summed E-state index contributed by atoms with van der Waals surface area (Å²) in [5.74, 6) is 0. The van der Waals surface area contributed by atoms with Crippen LogP contribution in [0.25, 0.3) is 0 Å².